The summed E-state index contributed by atoms with van der Waals surface area (Å²) in [5, 5.41) is 1.95. The number of H-pyrrole nitrogens is 1. The molecule has 3 heterocycles. The Balaban J connectivity index is 1.48. The standard InChI is InChI=1S/C19H17F2N3O2S/c20-19(21)26-13-5-3-12(4-6-13)10-24-8-7-15-14(11-24)18(25)23-17(22-15)16-2-1-9-27-16/h1-6,9,19H,7-8,10-11H2,(H,22,23,25). The highest BCUT2D eigenvalue weighted by Gasteiger charge is 2.21. The smallest absolute Gasteiger partial charge is 0.387 e. The normalized spacial score (nSPS) is 14.3. The van der Waals surface area contributed by atoms with Gasteiger partial charge < -0.3 is 9.72 Å². The van der Waals surface area contributed by atoms with E-state index >= 15 is 0 Å². The number of ether oxygens (including phenoxy) is 1. The molecule has 140 valence electrons. The quantitative estimate of drug-likeness (QED) is 0.724. The Labute approximate surface area is 158 Å². The van der Waals surface area contributed by atoms with Crippen LogP contribution < -0.4 is 10.3 Å². The van der Waals surface area contributed by atoms with Crippen molar-refractivity contribution < 1.29 is 13.5 Å². The van der Waals surface area contributed by atoms with E-state index in [4.69, 9.17) is 0 Å². The van der Waals surface area contributed by atoms with Gasteiger partial charge in [-0.2, -0.15) is 8.78 Å². The molecule has 0 atom stereocenters. The number of fused-ring (bicyclic) bond motifs is 1. The highest BCUT2D eigenvalue weighted by Crippen LogP contribution is 2.23. The number of alkyl halides is 2. The van der Waals surface area contributed by atoms with Crippen molar-refractivity contribution in [1.82, 2.24) is 14.9 Å². The zero-order chi connectivity index (χ0) is 18.8. The zero-order valence-electron chi connectivity index (χ0n) is 14.3. The Morgan fingerprint density at radius 3 is 2.78 bits per heavy atom. The van der Waals surface area contributed by atoms with Crippen LogP contribution >= 0.6 is 11.3 Å². The van der Waals surface area contributed by atoms with E-state index in [1.54, 1.807) is 23.5 Å². The van der Waals surface area contributed by atoms with Gasteiger partial charge in [-0.1, -0.05) is 18.2 Å². The topological polar surface area (TPSA) is 58.2 Å². The van der Waals surface area contributed by atoms with Crippen LogP contribution in [0.5, 0.6) is 5.75 Å². The second-order valence-corrected chi connectivity index (χ2v) is 7.25. The molecule has 27 heavy (non-hydrogen) atoms. The van der Waals surface area contributed by atoms with Gasteiger partial charge in [0.15, 0.2) is 5.82 Å². The van der Waals surface area contributed by atoms with Gasteiger partial charge in [-0.05, 0) is 29.1 Å². The van der Waals surface area contributed by atoms with Crippen molar-refractivity contribution in [3.63, 3.8) is 0 Å². The Hall–Kier alpha value is -2.58. The van der Waals surface area contributed by atoms with Crippen LogP contribution in [-0.4, -0.2) is 28.0 Å². The predicted octanol–water partition coefficient (Wildman–Crippen LogP) is 3.66. The lowest BCUT2D eigenvalue weighted by Gasteiger charge is -2.27. The number of aromatic amines is 1. The van der Waals surface area contributed by atoms with Crippen molar-refractivity contribution >= 4 is 11.3 Å². The molecule has 4 rings (SSSR count). The van der Waals surface area contributed by atoms with Gasteiger partial charge >= 0.3 is 6.61 Å². The lowest BCUT2D eigenvalue weighted by atomic mass is 10.1. The molecule has 0 spiro atoms. The summed E-state index contributed by atoms with van der Waals surface area (Å²) in [7, 11) is 0. The molecule has 0 unspecified atom stereocenters. The number of rotatable bonds is 5. The van der Waals surface area contributed by atoms with Crippen LogP contribution in [0.2, 0.25) is 0 Å². The molecule has 5 nitrogen and oxygen atoms in total. The Kier molecular flexibility index (Phi) is 5.00. The molecule has 1 aliphatic rings. The zero-order valence-corrected chi connectivity index (χ0v) is 15.1. The second kappa shape index (κ2) is 7.58. The minimum Gasteiger partial charge on any atom is -0.435 e. The minimum absolute atomic E-state index is 0.103. The maximum atomic E-state index is 12.5. The average Bonchev–Trinajstić information content (AvgIpc) is 3.18. The van der Waals surface area contributed by atoms with Crippen LogP contribution in [0, 0.1) is 0 Å². The lowest BCUT2D eigenvalue weighted by Crippen LogP contribution is -2.35. The Bertz CT molecular complexity index is 972. The van der Waals surface area contributed by atoms with E-state index in [1.807, 2.05) is 17.5 Å². The van der Waals surface area contributed by atoms with Gasteiger partial charge in [-0.25, -0.2) is 4.98 Å². The molecular formula is C19H17F2N3O2S. The van der Waals surface area contributed by atoms with E-state index in [-0.39, 0.29) is 11.3 Å². The van der Waals surface area contributed by atoms with Crippen LogP contribution in [0.3, 0.4) is 0 Å². The van der Waals surface area contributed by atoms with Crippen molar-refractivity contribution in [1.29, 1.82) is 0 Å². The van der Waals surface area contributed by atoms with Crippen molar-refractivity contribution in [3.8, 4) is 16.5 Å². The highest BCUT2D eigenvalue weighted by atomic mass is 32.1. The highest BCUT2D eigenvalue weighted by molar-refractivity contribution is 7.13. The van der Waals surface area contributed by atoms with Crippen molar-refractivity contribution in [2.45, 2.75) is 26.1 Å². The third-order valence-corrected chi connectivity index (χ3v) is 5.33. The van der Waals surface area contributed by atoms with Gasteiger partial charge in [-0.15, -0.1) is 11.3 Å². The van der Waals surface area contributed by atoms with Crippen molar-refractivity contribution in [3.05, 3.63) is 69.0 Å². The summed E-state index contributed by atoms with van der Waals surface area (Å²) in [5.41, 5.74) is 2.41. The molecule has 1 N–H and O–H groups in total. The van der Waals surface area contributed by atoms with Gasteiger partial charge in [0.1, 0.15) is 5.75 Å². The summed E-state index contributed by atoms with van der Waals surface area (Å²) in [6.45, 7) is -0.909. The van der Waals surface area contributed by atoms with E-state index in [2.05, 4.69) is 19.6 Å². The van der Waals surface area contributed by atoms with Crippen LogP contribution in [0.15, 0.2) is 46.6 Å². The van der Waals surface area contributed by atoms with E-state index in [9.17, 15) is 13.6 Å². The number of nitrogens with one attached hydrogen (secondary N) is 1. The van der Waals surface area contributed by atoms with E-state index in [0.717, 1.165) is 22.7 Å². The fourth-order valence-corrected chi connectivity index (χ4v) is 3.85. The lowest BCUT2D eigenvalue weighted by molar-refractivity contribution is -0.0498. The molecule has 0 fully saturated rings. The fraction of sp³-hybridized carbons (Fsp3) is 0.263. The molecule has 0 saturated heterocycles. The predicted molar refractivity (Wildman–Crippen MR) is 99.1 cm³/mol. The monoisotopic (exact) mass is 389 g/mol. The molecule has 3 aromatic rings. The fourth-order valence-electron chi connectivity index (χ4n) is 3.18. The van der Waals surface area contributed by atoms with Gasteiger partial charge in [0.05, 0.1) is 16.1 Å². The molecule has 0 aliphatic carbocycles. The molecule has 8 heteroatoms. The molecule has 0 radical (unpaired) electrons. The first-order valence-electron chi connectivity index (χ1n) is 8.50. The third-order valence-electron chi connectivity index (χ3n) is 4.46. The molecular weight excluding hydrogens is 372 g/mol. The van der Waals surface area contributed by atoms with Gasteiger partial charge in [0.25, 0.3) is 5.56 Å². The summed E-state index contributed by atoms with van der Waals surface area (Å²) in [5.74, 6) is 0.760. The number of thiophene rings is 1. The number of nitrogens with zero attached hydrogens (tertiary/aromatic N) is 2. The first-order valence-corrected chi connectivity index (χ1v) is 9.38. The number of hydrogen-bond donors (Lipinski definition) is 1. The number of halogens is 2. The SMILES string of the molecule is O=c1[nH]c(-c2cccs2)nc2c1CN(Cc1ccc(OC(F)F)cc1)CC2. The average molecular weight is 389 g/mol. The molecule has 2 aromatic heterocycles. The first-order chi connectivity index (χ1) is 13.1. The third kappa shape index (κ3) is 4.06. The minimum atomic E-state index is -2.83. The summed E-state index contributed by atoms with van der Waals surface area (Å²) in [6, 6.07) is 10.4. The van der Waals surface area contributed by atoms with Gasteiger partial charge in [0, 0.05) is 26.1 Å². The molecule has 1 aromatic carbocycles. The maximum absolute atomic E-state index is 12.5. The summed E-state index contributed by atoms with van der Waals surface area (Å²) in [6.07, 6.45) is 0.699. The van der Waals surface area contributed by atoms with Gasteiger partial charge in [0.2, 0.25) is 0 Å². The molecule has 0 saturated carbocycles. The summed E-state index contributed by atoms with van der Waals surface area (Å²) >= 11 is 1.54. The van der Waals surface area contributed by atoms with E-state index < -0.39 is 6.61 Å². The van der Waals surface area contributed by atoms with Gasteiger partial charge in [-0.3, -0.25) is 9.69 Å². The Morgan fingerprint density at radius 1 is 1.26 bits per heavy atom. The van der Waals surface area contributed by atoms with E-state index in [1.165, 1.54) is 12.1 Å². The first kappa shape index (κ1) is 17.8. The number of hydrogen-bond acceptors (Lipinski definition) is 5. The summed E-state index contributed by atoms with van der Waals surface area (Å²) < 4.78 is 28.8. The Morgan fingerprint density at radius 2 is 2.07 bits per heavy atom. The second-order valence-electron chi connectivity index (χ2n) is 6.30. The number of aromatic nitrogens is 2. The van der Waals surface area contributed by atoms with E-state index in [0.29, 0.717) is 30.9 Å². The largest absolute Gasteiger partial charge is 0.435 e. The molecule has 0 amide bonds. The van der Waals surface area contributed by atoms with Crippen LogP contribution in [0.25, 0.3) is 10.7 Å². The van der Waals surface area contributed by atoms with Crippen LogP contribution in [0.1, 0.15) is 16.8 Å². The summed E-state index contributed by atoms with van der Waals surface area (Å²) in [4.78, 5) is 23.1. The van der Waals surface area contributed by atoms with Crippen LogP contribution in [-0.2, 0) is 19.5 Å². The number of benzene rings is 1. The van der Waals surface area contributed by atoms with Crippen LogP contribution in [0.4, 0.5) is 8.78 Å². The molecule has 1 aliphatic heterocycles. The van der Waals surface area contributed by atoms with Crippen molar-refractivity contribution in [2.75, 3.05) is 6.54 Å². The maximum Gasteiger partial charge on any atom is 0.387 e. The van der Waals surface area contributed by atoms with Crippen molar-refractivity contribution in [2.24, 2.45) is 0 Å². The molecule has 0 bridgehead atoms.